The number of benzene rings is 1. The predicted molar refractivity (Wildman–Crippen MR) is 50.9 cm³/mol. The van der Waals surface area contributed by atoms with Crippen LogP contribution in [0.4, 0.5) is 4.39 Å². The van der Waals surface area contributed by atoms with E-state index in [0.29, 0.717) is 6.42 Å². The zero-order chi connectivity index (χ0) is 9.84. The van der Waals surface area contributed by atoms with Crippen LogP contribution in [0.2, 0.25) is 0 Å². The first-order valence-corrected chi connectivity index (χ1v) is 4.85. The molecule has 0 fully saturated rings. The van der Waals surface area contributed by atoms with Gasteiger partial charge in [-0.3, -0.25) is 0 Å². The Morgan fingerprint density at radius 1 is 1.54 bits per heavy atom. The molecule has 1 aromatic carbocycles. The van der Waals surface area contributed by atoms with Crippen LogP contribution in [0.15, 0.2) is 18.2 Å². The fourth-order valence-corrected chi connectivity index (χ4v) is 1.46. The standard InChI is InChI=1S/C9H8BrFO2/c10-4-3-6-1-2-8(11)7(5-6)9(12)13/h1-2,5H,3-4H2,(H,12,13). The van der Waals surface area contributed by atoms with Gasteiger partial charge in [-0.2, -0.15) is 0 Å². The van der Waals surface area contributed by atoms with Crippen LogP contribution in [-0.2, 0) is 6.42 Å². The first kappa shape index (κ1) is 10.2. The van der Waals surface area contributed by atoms with Gasteiger partial charge in [0.05, 0.1) is 5.56 Å². The zero-order valence-corrected chi connectivity index (χ0v) is 8.34. The van der Waals surface area contributed by atoms with E-state index in [1.165, 1.54) is 12.1 Å². The minimum Gasteiger partial charge on any atom is -0.478 e. The summed E-state index contributed by atoms with van der Waals surface area (Å²) in [7, 11) is 0. The monoisotopic (exact) mass is 246 g/mol. The third-order valence-electron chi connectivity index (χ3n) is 1.64. The molecule has 0 saturated heterocycles. The van der Waals surface area contributed by atoms with Crippen molar-refractivity contribution in [3.8, 4) is 0 Å². The van der Waals surface area contributed by atoms with E-state index in [1.807, 2.05) is 0 Å². The lowest BCUT2D eigenvalue weighted by atomic mass is 10.1. The van der Waals surface area contributed by atoms with Gasteiger partial charge >= 0.3 is 5.97 Å². The van der Waals surface area contributed by atoms with E-state index in [2.05, 4.69) is 15.9 Å². The van der Waals surface area contributed by atoms with Gasteiger partial charge in [0.1, 0.15) is 5.82 Å². The molecule has 2 nitrogen and oxygen atoms in total. The number of carbonyl (C=O) groups is 1. The fourth-order valence-electron chi connectivity index (χ4n) is 1.00. The van der Waals surface area contributed by atoms with Crippen LogP contribution in [0.25, 0.3) is 0 Å². The molecule has 0 aliphatic rings. The quantitative estimate of drug-likeness (QED) is 0.833. The number of carboxylic acids is 1. The number of carboxylic acid groups (broad SMARTS) is 1. The van der Waals surface area contributed by atoms with Crippen molar-refractivity contribution in [3.63, 3.8) is 0 Å². The largest absolute Gasteiger partial charge is 0.478 e. The summed E-state index contributed by atoms with van der Waals surface area (Å²) in [4.78, 5) is 10.5. The Balaban J connectivity index is 3.04. The molecule has 0 unspecified atom stereocenters. The van der Waals surface area contributed by atoms with Crippen LogP contribution >= 0.6 is 15.9 Å². The average molecular weight is 247 g/mol. The van der Waals surface area contributed by atoms with Crippen molar-refractivity contribution in [1.82, 2.24) is 0 Å². The van der Waals surface area contributed by atoms with E-state index >= 15 is 0 Å². The number of rotatable bonds is 3. The third kappa shape index (κ3) is 2.52. The lowest BCUT2D eigenvalue weighted by molar-refractivity contribution is 0.0692. The van der Waals surface area contributed by atoms with Gasteiger partial charge < -0.3 is 5.11 Å². The molecule has 0 aliphatic heterocycles. The molecule has 70 valence electrons. The smallest absolute Gasteiger partial charge is 0.338 e. The number of hydrogen-bond donors (Lipinski definition) is 1. The predicted octanol–water partition coefficient (Wildman–Crippen LogP) is 2.46. The van der Waals surface area contributed by atoms with Crippen molar-refractivity contribution in [2.45, 2.75) is 6.42 Å². The van der Waals surface area contributed by atoms with Gasteiger partial charge in [0.15, 0.2) is 0 Å². The first-order valence-electron chi connectivity index (χ1n) is 3.73. The van der Waals surface area contributed by atoms with Crippen molar-refractivity contribution in [1.29, 1.82) is 0 Å². The van der Waals surface area contributed by atoms with Gasteiger partial charge in [-0.1, -0.05) is 22.0 Å². The van der Waals surface area contributed by atoms with Crippen molar-refractivity contribution in [2.75, 3.05) is 5.33 Å². The minimum atomic E-state index is -1.23. The number of aryl methyl sites for hydroxylation is 1. The average Bonchev–Trinajstić information content (AvgIpc) is 2.08. The third-order valence-corrected chi connectivity index (χ3v) is 2.04. The molecule has 13 heavy (non-hydrogen) atoms. The molecule has 0 radical (unpaired) electrons. The van der Waals surface area contributed by atoms with E-state index in [0.717, 1.165) is 10.9 Å². The molecule has 1 aromatic rings. The number of alkyl halides is 1. The molecule has 0 spiro atoms. The van der Waals surface area contributed by atoms with Gasteiger partial charge in [0.2, 0.25) is 0 Å². The van der Waals surface area contributed by atoms with E-state index in [-0.39, 0.29) is 5.56 Å². The number of halogens is 2. The lowest BCUT2D eigenvalue weighted by Gasteiger charge is -2.01. The van der Waals surface area contributed by atoms with Crippen LogP contribution in [-0.4, -0.2) is 16.4 Å². The summed E-state index contributed by atoms with van der Waals surface area (Å²) in [6.07, 6.45) is 0.695. The van der Waals surface area contributed by atoms with Crippen molar-refractivity contribution < 1.29 is 14.3 Å². The van der Waals surface area contributed by atoms with Crippen LogP contribution in [0.5, 0.6) is 0 Å². The fraction of sp³-hybridized carbons (Fsp3) is 0.222. The maximum Gasteiger partial charge on any atom is 0.338 e. The SMILES string of the molecule is O=C(O)c1cc(CCBr)ccc1F. The normalized spacial score (nSPS) is 10.0. The van der Waals surface area contributed by atoms with Gasteiger partial charge in [0, 0.05) is 5.33 Å². The zero-order valence-electron chi connectivity index (χ0n) is 6.76. The highest BCUT2D eigenvalue weighted by molar-refractivity contribution is 9.09. The Morgan fingerprint density at radius 3 is 2.77 bits per heavy atom. The highest BCUT2D eigenvalue weighted by Crippen LogP contribution is 2.11. The number of aromatic carboxylic acids is 1. The molecule has 0 aromatic heterocycles. The highest BCUT2D eigenvalue weighted by Gasteiger charge is 2.09. The summed E-state index contributed by atoms with van der Waals surface area (Å²) in [6.45, 7) is 0. The van der Waals surface area contributed by atoms with Crippen molar-refractivity contribution in [2.24, 2.45) is 0 Å². The van der Waals surface area contributed by atoms with E-state index in [9.17, 15) is 9.18 Å². The second kappa shape index (κ2) is 4.37. The van der Waals surface area contributed by atoms with E-state index < -0.39 is 11.8 Å². The Kier molecular flexibility index (Phi) is 3.42. The molecule has 4 heteroatoms. The topological polar surface area (TPSA) is 37.3 Å². The second-order valence-corrected chi connectivity index (χ2v) is 3.35. The van der Waals surface area contributed by atoms with Gasteiger partial charge in [-0.15, -0.1) is 0 Å². The summed E-state index contributed by atoms with van der Waals surface area (Å²) in [5.41, 5.74) is 0.550. The highest BCUT2D eigenvalue weighted by atomic mass is 79.9. The number of hydrogen-bond acceptors (Lipinski definition) is 1. The summed E-state index contributed by atoms with van der Waals surface area (Å²) < 4.78 is 12.9. The molecule has 0 amide bonds. The van der Waals surface area contributed by atoms with Crippen LogP contribution in [0.3, 0.4) is 0 Å². The van der Waals surface area contributed by atoms with E-state index in [1.54, 1.807) is 6.07 Å². The molecule has 1 N–H and O–H groups in total. The summed E-state index contributed by atoms with van der Waals surface area (Å²) in [5.74, 6) is -1.92. The second-order valence-electron chi connectivity index (χ2n) is 2.56. The molecular weight excluding hydrogens is 239 g/mol. The summed E-state index contributed by atoms with van der Waals surface area (Å²) in [5, 5.41) is 9.34. The van der Waals surface area contributed by atoms with Crippen molar-refractivity contribution in [3.05, 3.63) is 35.1 Å². The maximum atomic E-state index is 12.9. The Hall–Kier alpha value is -0.900. The van der Waals surface area contributed by atoms with Crippen molar-refractivity contribution >= 4 is 21.9 Å². The van der Waals surface area contributed by atoms with E-state index in [4.69, 9.17) is 5.11 Å². The molecule has 0 aliphatic carbocycles. The molecule has 0 saturated carbocycles. The molecular formula is C9H8BrFO2. The first-order chi connectivity index (χ1) is 6.15. The van der Waals surface area contributed by atoms with Crippen LogP contribution in [0, 0.1) is 5.82 Å². The molecule has 0 bridgehead atoms. The molecule has 0 atom stereocenters. The van der Waals surface area contributed by atoms with Gasteiger partial charge in [-0.25, -0.2) is 9.18 Å². The molecule has 0 heterocycles. The minimum absolute atomic E-state index is 0.265. The Labute approximate surface area is 83.5 Å². The maximum absolute atomic E-state index is 12.9. The Morgan fingerprint density at radius 2 is 2.23 bits per heavy atom. The van der Waals surface area contributed by atoms with Gasteiger partial charge in [-0.05, 0) is 24.1 Å². The summed E-state index contributed by atoms with van der Waals surface area (Å²) in [6, 6.07) is 4.13. The molecule has 1 rings (SSSR count). The lowest BCUT2D eigenvalue weighted by Crippen LogP contribution is -2.01. The van der Waals surface area contributed by atoms with Crippen LogP contribution < -0.4 is 0 Å². The van der Waals surface area contributed by atoms with Gasteiger partial charge in [0.25, 0.3) is 0 Å². The van der Waals surface area contributed by atoms with Crippen LogP contribution in [0.1, 0.15) is 15.9 Å². The Bertz CT molecular complexity index is 325. The summed E-state index contributed by atoms with van der Waals surface area (Å²) >= 11 is 3.23.